The molecule has 0 bridgehead atoms. The van der Waals surface area contributed by atoms with Gasteiger partial charge < -0.3 is 4.74 Å². The van der Waals surface area contributed by atoms with Crippen molar-refractivity contribution in [3.63, 3.8) is 0 Å². The van der Waals surface area contributed by atoms with E-state index in [1.54, 1.807) is 0 Å². The van der Waals surface area contributed by atoms with Crippen molar-refractivity contribution in [2.45, 2.75) is 25.9 Å². The Kier molecular flexibility index (Phi) is 7.86. The quantitative estimate of drug-likeness (QED) is 0.306. The van der Waals surface area contributed by atoms with Crippen molar-refractivity contribution in [1.82, 2.24) is 0 Å². The zero-order valence-corrected chi connectivity index (χ0v) is 8.63. The van der Waals surface area contributed by atoms with Gasteiger partial charge in [-0.1, -0.05) is 42.0 Å². The van der Waals surface area contributed by atoms with E-state index in [-0.39, 0.29) is 6.10 Å². The molecule has 0 rings (SSSR count). The van der Waals surface area contributed by atoms with E-state index < -0.39 is 0 Å². The topological polar surface area (TPSA) is 9.23 Å². The molecule has 0 N–H and O–H groups in total. The van der Waals surface area contributed by atoms with E-state index in [9.17, 15) is 0 Å². The van der Waals surface area contributed by atoms with Gasteiger partial charge in [-0.2, -0.15) is 0 Å². The van der Waals surface area contributed by atoms with Crippen LogP contribution in [0.15, 0.2) is 12.7 Å². The van der Waals surface area contributed by atoms with E-state index in [0.29, 0.717) is 0 Å². The molecule has 2 heteroatoms. The van der Waals surface area contributed by atoms with Gasteiger partial charge in [0.25, 0.3) is 0 Å². The van der Waals surface area contributed by atoms with E-state index in [4.69, 9.17) is 4.74 Å². The Morgan fingerprint density at radius 3 is 2.80 bits per heavy atom. The first kappa shape index (κ1) is 10.4. The number of hydrogen-bond acceptors (Lipinski definition) is 1. The van der Waals surface area contributed by atoms with Crippen LogP contribution in [0.1, 0.15) is 19.8 Å². The van der Waals surface area contributed by atoms with Gasteiger partial charge in [-0.05, 0) is 6.42 Å². The Labute approximate surface area is 77.0 Å². The molecule has 0 saturated heterocycles. The summed E-state index contributed by atoms with van der Waals surface area (Å²) in [6.45, 7) is 6.72. The van der Waals surface area contributed by atoms with Crippen LogP contribution in [0.2, 0.25) is 0 Å². The van der Waals surface area contributed by atoms with E-state index in [1.165, 1.54) is 6.42 Å². The molecule has 0 aromatic rings. The SMILES string of the molecule is C=C[C@@H](CI)OCCCC. The van der Waals surface area contributed by atoms with E-state index in [1.807, 2.05) is 6.08 Å². The van der Waals surface area contributed by atoms with Gasteiger partial charge in [-0.25, -0.2) is 0 Å². The van der Waals surface area contributed by atoms with Gasteiger partial charge >= 0.3 is 0 Å². The maximum atomic E-state index is 5.46. The van der Waals surface area contributed by atoms with Crippen molar-refractivity contribution in [1.29, 1.82) is 0 Å². The second kappa shape index (κ2) is 7.54. The second-order valence-corrected chi connectivity index (χ2v) is 3.03. The third-order valence-electron chi connectivity index (χ3n) is 1.24. The molecule has 60 valence electrons. The lowest BCUT2D eigenvalue weighted by Gasteiger charge is -2.09. The van der Waals surface area contributed by atoms with Crippen LogP contribution < -0.4 is 0 Å². The van der Waals surface area contributed by atoms with Gasteiger partial charge in [0.2, 0.25) is 0 Å². The van der Waals surface area contributed by atoms with Crippen LogP contribution in [0.25, 0.3) is 0 Å². The summed E-state index contributed by atoms with van der Waals surface area (Å²) in [5.74, 6) is 0. The summed E-state index contributed by atoms with van der Waals surface area (Å²) in [6.07, 6.45) is 4.47. The van der Waals surface area contributed by atoms with E-state index >= 15 is 0 Å². The summed E-state index contributed by atoms with van der Waals surface area (Å²) in [6, 6.07) is 0. The van der Waals surface area contributed by atoms with Crippen molar-refractivity contribution in [2.75, 3.05) is 11.0 Å². The van der Waals surface area contributed by atoms with Crippen molar-refractivity contribution in [3.05, 3.63) is 12.7 Å². The van der Waals surface area contributed by atoms with Crippen LogP contribution in [0.5, 0.6) is 0 Å². The molecule has 0 unspecified atom stereocenters. The lowest BCUT2D eigenvalue weighted by Crippen LogP contribution is -2.11. The zero-order chi connectivity index (χ0) is 7.82. The first-order valence-corrected chi connectivity index (χ1v) is 5.17. The van der Waals surface area contributed by atoms with Crippen LogP contribution in [-0.2, 0) is 4.74 Å². The molecule has 10 heavy (non-hydrogen) atoms. The van der Waals surface area contributed by atoms with Crippen LogP contribution >= 0.6 is 22.6 Å². The molecular weight excluding hydrogens is 239 g/mol. The van der Waals surface area contributed by atoms with Crippen LogP contribution in [0, 0.1) is 0 Å². The fourth-order valence-corrected chi connectivity index (χ4v) is 1.17. The summed E-state index contributed by atoms with van der Waals surface area (Å²) in [5.41, 5.74) is 0. The predicted octanol–water partition coefficient (Wildman–Crippen LogP) is 2.79. The van der Waals surface area contributed by atoms with Gasteiger partial charge in [-0.3, -0.25) is 0 Å². The molecule has 0 heterocycles. The van der Waals surface area contributed by atoms with Gasteiger partial charge in [0.15, 0.2) is 0 Å². The fraction of sp³-hybridized carbons (Fsp3) is 0.750. The summed E-state index contributed by atoms with van der Waals surface area (Å²) in [5, 5.41) is 0. The Bertz CT molecular complexity index is 83.3. The van der Waals surface area contributed by atoms with E-state index in [2.05, 4.69) is 36.1 Å². The zero-order valence-electron chi connectivity index (χ0n) is 6.48. The summed E-state index contributed by atoms with van der Waals surface area (Å²) in [4.78, 5) is 0. The first-order valence-electron chi connectivity index (χ1n) is 3.65. The summed E-state index contributed by atoms with van der Waals surface area (Å²) in [7, 11) is 0. The Balaban J connectivity index is 3.17. The molecule has 0 aromatic heterocycles. The van der Waals surface area contributed by atoms with Gasteiger partial charge in [0, 0.05) is 11.0 Å². The third kappa shape index (κ3) is 5.23. The highest BCUT2D eigenvalue weighted by Gasteiger charge is 1.98. The summed E-state index contributed by atoms with van der Waals surface area (Å²) < 4.78 is 6.46. The smallest absolute Gasteiger partial charge is 0.0842 e. The second-order valence-electron chi connectivity index (χ2n) is 2.15. The molecule has 0 aliphatic heterocycles. The average molecular weight is 254 g/mol. The molecule has 0 radical (unpaired) electrons. The normalized spacial score (nSPS) is 13.0. The monoisotopic (exact) mass is 254 g/mol. The third-order valence-corrected chi connectivity index (χ3v) is 2.11. The molecule has 0 saturated carbocycles. The van der Waals surface area contributed by atoms with Crippen LogP contribution in [0.3, 0.4) is 0 Å². The number of alkyl halides is 1. The molecule has 1 nitrogen and oxygen atoms in total. The minimum Gasteiger partial charge on any atom is -0.373 e. The molecule has 0 aromatic carbocycles. The standard InChI is InChI=1S/C8H15IO/c1-3-5-6-10-8(4-2)7-9/h4,8H,2-3,5-7H2,1H3/t8-/m0/s1. The van der Waals surface area contributed by atoms with E-state index in [0.717, 1.165) is 17.5 Å². The molecule has 0 aliphatic rings. The lowest BCUT2D eigenvalue weighted by atomic mass is 10.3. The lowest BCUT2D eigenvalue weighted by molar-refractivity contribution is 0.0999. The minimum absolute atomic E-state index is 0.257. The number of ether oxygens (including phenoxy) is 1. The highest BCUT2D eigenvalue weighted by Crippen LogP contribution is 2.00. The molecule has 0 spiro atoms. The van der Waals surface area contributed by atoms with Crippen molar-refractivity contribution >= 4 is 22.6 Å². The molecular formula is C8H15IO. The highest BCUT2D eigenvalue weighted by molar-refractivity contribution is 14.1. The number of hydrogen-bond donors (Lipinski definition) is 0. The maximum Gasteiger partial charge on any atom is 0.0842 e. The number of unbranched alkanes of at least 4 members (excludes halogenated alkanes) is 1. The van der Waals surface area contributed by atoms with Crippen molar-refractivity contribution in [2.24, 2.45) is 0 Å². The predicted molar refractivity (Wildman–Crippen MR) is 53.7 cm³/mol. The molecule has 0 fully saturated rings. The Morgan fingerprint density at radius 2 is 2.40 bits per heavy atom. The van der Waals surface area contributed by atoms with Crippen LogP contribution in [0.4, 0.5) is 0 Å². The Morgan fingerprint density at radius 1 is 1.70 bits per heavy atom. The minimum atomic E-state index is 0.257. The fourth-order valence-electron chi connectivity index (χ4n) is 0.555. The average Bonchev–Trinajstić information content (AvgIpc) is 1.99. The van der Waals surface area contributed by atoms with Crippen LogP contribution in [-0.4, -0.2) is 17.1 Å². The van der Waals surface area contributed by atoms with Crippen molar-refractivity contribution in [3.8, 4) is 0 Å². The first-order chi connectivity index (χ1) is 4.85. The van der Waals surface area contributed by atoms with Gasteiger partial charge in [0.05, 0.1) is 6.10 Å². The van der Waals surface area contributed by atoms with Gasteiger partial charge in [0.1, 0.15) is 0 Å². The number of rotatable bonds is 6. The molecule has 1 atom stereocenters. The number of halogens is 1. The van der Waals surface area contributed by atoms with Crippen molar-refractivity contribution < 1.29 is 4.74 Å². The Hall–Kier alpha value is 0.430. The molecule has 0 aliphatic carbocycles. The maximum absolute atomic E-state index is 5.46. The summed E-state index contributed by atoms with van der Waals surface area (Å²) >= 11 is 2.31. The largest absolute Gasteiger partial charge is 0.373 e. The molecule has 0 amide bonds. The van der Waals surface area contributed by atoms with Gasteiger partial charge in [-0.15, -0.1) is 6.58 Å². The highest BCUT2D eigenvalue weighted by atomic mass is 127.